The van der Waals surface area contributed by atoms with E-state index in [1.54, 1.807) is 43.3 Å². The molecule has 1 atom stereocenters. The fourth-order valence-electron chi connectivity index (χ4n) is 2.79. The van der Waals surface area contributed by atoms with Gasteiger partial charge in [-0.1, -0.05) is 12.1 Å². The molecule has 6 heteroatoms. The van der Waals surface area contributed by atoms with Crippen molar-refractivity contribution < 1.29 is 19.1 Å². The number of rotatable bonds is 5. The summed E-state index contributed by atoms with van der Waals surface area (Å²) in [7, 11) is 0. The first-order valence-corrected chi connectivity index (χ1v) is 7.64. The Balaban J connectivity index is 2.16. The van der Waals surface area contributed by atoms with Crippen LogP contribution in [0.5, 0.6) is 5.75 Å². The molecule has 2 N–H and O–H groups in total. The first kappa shape index (κ1) is 15.9. The van der Waals surface area contributed by atoms with Crippen LogP contribution in [0.3, 0.4) is 0 Å². The second kappa shape index (κ2) is 6.62. The van der Waals surface area contributed by atoms with E-state index in [0.29, 0.717) is 16.7 Å². The topological polar surface area (TPSA) is 92.5 Å². The van der Waals surface area contributed by atoms with E-state index in [9.17, 15) is 14.7 Å². The van der Waals surface area contributed by atoms with Crippen LogP contribution in [0.1, 0.15) is 30.6 Å². The molecule has 3 aromatic rings. The largest absolute Gasteiger partial charge is 0.507 e. The van der Waals surface area contributed by atoms with Crippen molar-refractivity contribution in [2.24, 2.45) is 0 Å². The molecule has 0 saturated carbocycles. The smallest absolute Gasteiger partial charge is 0.306 e. The summed E-state index contributed by atoms with van der Waals surface area (Å²) < 4.78 is 10.4. The van der Waals surface area contributed by atoms with Crippen molar-refractivity contribution in [3.8, 4) is 5.75 Å². The molecule has 0 spiro atoms. The maximum absolute atomic E-state index is 12.5. The molecule has 0 saturated heterocycles. The number of nitrogens with one attached hydrogen (secondary N) is 1. The van der Waals surface area contributed by atoms with Crippen molar-refractivity contribution in [3.63, 3.8) is 0 Å². The highest BCUT2D eigenvalue weighted by Gasteiger charge is 2.28. The number of aromatic hydroxyl groups is 1. The summed E-state index contributed by atoms with van der Waals surface area (Å²) in [6.45, 7) is 1.95. The average molecular weight is 327 g/mol. The number of carbonyl (C=O) groups is 1. The van der Waals surface area contributed by atoms with E-state index in [2.05, 4.69) is 4.98 Å². The lowest BCUT2D eigenvalue weighted by atomic mass is 9.92. The van der Waals surface area contributed by atoms with Gasteiger partial charge in [0.15, 0.2) is 0 Å². The van der Waals surface area contributed by atoms with Crippen molar-refractivity contribution >= 4 is 16.9 Å². The van der Waals surface area contributed by atoms with Crippen LogP contribution in [0.25, 0.3) is 10.9 Å². The number of aromatic amines is 1. The summed E-state index contributed by atoms with van der Waals surface area (Å²) in [6.07, 6.45) is 1.36. The van der Waals surface area contributed by atoms with Gasteiger partial charge in [-0.05, 0) is 31.2 Å². The number of esters is 1. The van der Waals surface area contributed by atoms with Crippen molar-refractivity contribution in [1.29, 1.82) is 0 Å². The zero-order valence-electron chi connectivity index (χ0n) is 13.1. The van der Waals surface area contributed by atoms with E-state index in [1.165, 1.54) is 6.26 Å². The zero-order valence-corrected chi connectivity index (χ0v) is 13.1. The normalized spacial score (nSPS) is 12.2. The molecule has 0 bridgehead atoms. The van der Waals surface area contributed by atoms with Crippen LogP contribution in [-0.2, 0) is 9.53 Å². The predicted octanol–water partition coefficient (Wildman–Crippen LogP) is 2.91. The van der Waals surface area contributed by atoms with Crippen molar-refractivity contribution in [2.75, 3.05) is 6.61 Å². The molecule has 24 heavy (non-hydrogen) atoms. The molecule has 6 nitrogen and oxygen atoms in total. The highest BCUT2D eigenvalue weighted by atomic mass is 16.5. The molecule has 0 radical (unpaired) electrons. The number of H-pyrrole nitrogens is 1. The fraction of sp³-hybridized carbons (Fsp3) is 0.222. The van der Waals surface area contributed by atoms with E-state index in [1.807, 2.05) is 0 Å². The number of hydrogen-bond donors (Lipinski definition) is 2. The molecule has 0 aliphatic heterocycles. The molecule has 0 aliphatic carbocycles. The van der Waals surface area contributed by atoms with Gasteiger partial charge in [0.25, 0.3) is 5.56 Å². The molecule has 0 aliphatic rings. The summed E-state index contributed by atoms with van der Waals surface area (Å²) >= 11 is 0. The molecule has 0 fully saturated rings. The number of hydrogen-bond acceptors (Lipinski definition) is 5. The Kier molecular flexibility index (Phi) is 4.37. The molecule has 0 unspecified atom stereocenters. The lowest BCUT2D eigenvalue weighted by Gasteiger charge is -2.16. The van der Waals surface area contributed by atoms with Crippen LogP contribution < -0.4 is 5.56 Å². The van der Waals surface area contributed by atoms with Crippen molar-refractivity contribution in [2.45, 2.75) is 19.3 Å². The summed E-state index contributed by atoms with van der Waals surface area (Å²) in [6, 6.07) is 10.3. The first-order valence-electron chi connectivity index (χ1n) is 7.64. The summed E-state index contributed by atoms with van der Waals surface area (Å²) in [5, 5.41) is 11.1. The number of fused-ring (bicyclic) bond motifs is 1. The third-order valence-electron chi connectivity index (χ3n) is 3.84. The first-order chi connectivity index (χ1) is 11.6. The third kappa shape index (κ3) is 2.90. The minimum absolute atomic E-state index is 0.0942. The Bertz CT molecular complexity index is 911. The second-order valence-corrected chi connectivity index (χ2v) is 5.34. The molecule has 0 amide bonds. The minimum atomic E-state index is -0.729. The third-order valence-corrected chi connectivity index (χ3v) is 3.84. The number of benzene rings is 1. The van der Waals surface area contributed by atoms with Gasteiger partial charge in [0.05, 0.1) is 36.3 Å². The van der Waals surface area contributed by atoms with Gasteiger partial charge in [0, 0.05) is 5.39 Å². The van der Waals surface area contributed by atoms with E-state index in [0.717, 1.165) is 0 Å². The number of para-hydroxylation sites is 1. The number of carbonyl (C=O) groups excluding carboxylic acids is 1. The average Bonchev–Trinajstić information content (AvgIpc) is 3.08. The minimum Gasteiger partial charge on any atom is -0.507 e. The van der Waals surface area contributed by atoms with Gasteiger partial charge in [0.2, 0.25) is 0 Å². The van der Waals surface area contributed by atoms with Gasteiger partial charge in [0.1, 0.15) is 11.5 Å². The molecule has 2 aromatic heterocycles. The second-order valence-electron chi connectivity index (χ2n) is 5.34. The predicted molar refractivity (Wildman–Crippen MR) is 88.0 cm³/mol. The SMILES string of the molecule is CCOC(=O)C[C@@H](c1ccco1)c1c(O)c2ccccc2[nH]c1=O. The van der Waals surface area contributed by atoms with Crippen LogP contribution in [0.2, 0.25) is 0 Å². The van der Waals surface area contributed by atoms with Crippen LogP contribution in [0.15, 0.2) is 51.9 Å². The number of aromatic nitrogens is 1. The van der Waals surface area contributed by atoms with E-state index in [4.69, 9.17) is 9.15 Å². The Morgan fingerprint density at radius 1 is 1.29 bits per heavy atom. The number of furan rings is 1. The summed E-state index contributed by atoms with van der Waals surface area (Å²) in [5.41, 5.74) is 0.159. The van der Waals surface area contributed by atoms with E-state index in [-0.39, 0.29) is 24.3 Å². The maximum Gasteiger partial charge on any atom is 0.306 e. The summed E-state index contributed by atoms with van der Waals surface area (Å²) in [5.74, 6) is -0.933. The number of ether oxygens (including phenoxy) is 1. The van der Waals surface area contributed by atoms with Crippen LogP contribution in [-0.4, -0.2) is 22.7 Å². The van der Waals surface area contributed by atoms with Crippen molar-refractivity contribution in [1.82, 2.24) is 4.98 Å². The lowest BCUT2D eigenvalue weighted by molar-refractivity contribution is -0.143. The molecule has 2 heterocycles. The number of pyridine rings is 1. The van der Waals surface area contributed by atoms with E-state index >= 15 is 0 Å². The van der Waals surface area contributed by atoms with Crippen LogP contribution >= 0.6 is 0 Å². The van der Waals surface area contributed by atoms with Gasteiger partial charge in [-0.2, -0.15) is 0 Å². The Morgan fingerprint density at radius 2 is 2.08 bits per heavy atom. The zero-order chi connectivity index (χ0) is 17.1. The molecular weight excluding hydrogens is 310 g/mol. The van der Waals surface area contributed by atoms with Crippen LogP contribution in [0, 0.1) is 0 Å². The van der Waals surface area contributed by atoms with Crippen molar-refractivity contribution in [3.05, 3.63) is 64.3 Å². The Labute approximate surface area is 137 Å². The fourth-order valence-corrected chi connectivity index (χ4v) is 2.79. The Hall–Kier alpha value is -3.02. The molecule has 3 rings (SSSR count). The summed E-state index contributed by atoms with van der Waals surface area (Å²) in [4.78, 5) is 27.2. The molecule has 1 aromatic carbocycles. The Morgan fingerprint density at radius 3 is 2.79 bits per heavy atom. The van der Waals surface area contributed by atoms with Crippen LogP contribution in [0.4, 0.5) is 0 Å². The van der Waals surface area contributed by atoms with Gasteiger partial charge in [-0.15, -0.1) is 0 Å². The maximum atomic E-state index is 12.5. The highest BCUT2D eigenvalue weighted by molar-refractivity contribution is 5.86. The quantitative estimate of drug-likeness (QED) is 0.703. The highest BCUT2D eigenvalue weighted by Crippen LogP contribution is 2.35. The monoisotopic (exact) mass is 327 g/mol. The lowest BCUT2D eigenvalue weighted by Crippen LogP contribution is -2.20. The van der Waals surface area contributed by atoms with Gasteiger partial charge >= 0.3 is 5.97 Å². The van der Waals surface area contributed by atoms with Gasteiger partial charge in [-0.3, -0.25) is 9.59 Å². The van der Waals surface area contributed by atoms with Gasteiger partial charge in [-0.25, -0.2) is 0 Å². The molecule has 124 valence electrons. The van der Waals surface area contributed by atoms with E-state index < -0.39 is 17.4 Å². The van der Waals surface area contributed by atoms with Gasteiger partial charge < -0.3 is 19.2 Å². The molecular formula is C18H17NO5. The standard InChI is InChI=1S/C18H17NO5/c1-2-23-15(20)10-12(14-8-5-9-24-14)16-17(21)11-6-3-4-7-13(11)19-18(16)22/h3-9,12H,2,10H2,1H3,(H2,19,21,22)/t12-/m0/s1.